The third-order valence-corrected chi connectivity index (χ3v) is 2.51. The molecule has 0 amide bonds. The number of hydrogen-bond donors (Lipinski definition) is 1. The number of rotatable bonds is 4. The second-order valence-electron chi connectivity index (χ2n) is 3.73. The Morgan fingerprint density at radius 1 is 1.40 bits per heavy atom. The summed E-state index contributed by atoms with van der Waals surface area (Å²) in [7, 11) is 0. The van der Waals surface area contributed by atoms with Gasteiger partial charge in [0.1, 0.15) is 6.23 Å². The molecule has 1 unspecified atom stereocenters. The predicted octanol–water partition coefficient (Wildman–Crippen LogP) is 2.15. The lowest BCUT2D eigenvalue weighted by Gasteiger charge is -2.25. The highest BCUT2D eigenvalue weighted by Crippen LogP contribution is 2.20. The van der Waals surface area contributed by atoms with Crippen molar-refractivity contribution in [3.8, 4) is 0 Å². The summed E-state index contributed by atoms with van der Waals surface area (Å²) in [5, 5.41) is 2.12. The SMILES string of the molecule is CCCOC1CCNN1c1ccccc1. The molecule has 0 bridgehead atoms. The highest BCUT2D eigenvalue weighted by molar-refractivity contribution is 5.46. The van der Waals surface area contributed by atoms with E-state index >= 15 is 0 Å². The molecule has 15 heavy (non-hydrogen) atoms. The smallest absolute Gasteiger partial charge is 0.145 e. The number of para-hydroxylation sites is 1. The molecule has 1 aliphatic heterocycles. The number of benzene rings is 1. The maximum Gasteiger partial charge on any atom is 0.145 e. The zero-order valence-corrected chi connectivity index (χ0v) is 9.15. The first-order valence-corrected chi connectivity index (χ1v) is 5.61. The van der Waals surface area contributed by atoms with Crippen molar-refractivity contribution in [3.05, 3.63) is 30.3 Å². The van der Waals surface area contributed by atoms with Gasteiger partial charge in [-0.2, -0.15) is 0 Å². The molecule has 1 heterocycles. The average molecular weight is 206 g/mol. The van der Waals surface area contributed by atoms with Gasteiger partial charge in [-0.1, -0.05) is 25.1 Å². The molecule has 1 aromatic rings. The first-order valence-electron chi connectivity index (χ1n) is 5.61. The van der Waals surface area contributed by atoms with Crippen LogP contribution in [-0.2, 0) is 4.74 Å². The first-order chi connectivity index (χ1) is 7.42. The number of hydrogen-bond acceptors (Lipinski definition) is 3. The lowest BCUT2D eigenvalue weighted by atomic mass is 10.3. The summed E-state index contributed by atoms with van der Waals surface area (Å²) < 4.78 is 5.78. The summed E-state index contributed by atoms with van der Waals surface area (Å²) in [5.74, 6) is 0. The monoisotopic (exact) mass is 206 g/mol. The number of nitrogens with one attached hydrogen (secondary N) is 1. The Kier molecular flexibility index (Phi) is 3.59. The van der Waals surface area contributed by atoms with Crippen LogP contribution in [0.15, 0.2) is 30.3 Å². The van der Waals surface area contributed by atoms with E-state index in [0.717, 1.165) is 26.0 Å². The van der Waals surface area contributed by atoms with Crippen LogP contribution in [0.25, 0.3) is 0 Å². The average Bonchev–Trinajstić information content (AvgIpc) is 2.75. The summed E-state index contributed by atoms with van der Waals surface area (Å²) in [5.41, 5.74) is 4.52. The molecule has 0 saturated carbocycles. The van der Waals surface area contributed by atoms with Gasteiger partial charge < -0.3 is 4.74 Å². The predicted molar refractivity (Wildman–Crippen MR) is 61.6 cm³/mol. The minimum absolute atomic E-state index is 0.187. The number of nitrogens with zero attached hydrogens (tertiary/aromatic N) is 1. The normalized spacial score (nSPS) is 20.9. The highest BCUT2D eigenvalue weighted by Gasteiger charge is 2.24. The molecule has 0 spiro atoms. The van der Waals surface area contributed by atoms with Gasteiger partial charge in [-0.25, -0.2) is 5.43 Å². The van der Waals surface area contributed by atoms with Crippen LogP contribution >= 0.6 is 0 Å². The molecule has 1 aliphatic rings. The van der Waals surface area contributed by atoms with Crippen molar-refractivity contribution in [2.45, 2.75) is 26.0 Å². The molecule has 0 radical (unpaired) electrons. The molecular weight excluding hydrogens is 188 g/mol. The van der Waals surface area contributed by atoms with Gasteiger partial charge in [-0.15, -0.1) is 0 Å². The number of anilines is 1. The molecule has 1 aromatic carbocycles. The molecular formula is C12H18N2O. The van der Waals surface area contributed by atoms with Crippen LogP contribution in [0.3, 0.4) is 0 Å². The van der Waals surface area contributed by atoms with Gasteiger partial charge in [0.05, 0.1) is 5.69 Å². The lowest BCUT2D eigenvalue weighted by molar-refractivity contribution is 0.0596. The van der Waals surface area contributed by atoms with Gasteiger partial charge in [0.15, 0.2) is 0 Å². The molecule has 3 heteroatoms. The summed E-state index contributed by atoms with van der Waals surface area (Å²) in [6.45, 7) is 3.95. The van der Waals surface area contributed by atoms with Crippen LogP contribution in [0.4, 0.5) is 5.69 Å². The van der Waals surface area contributed by atoms with Gasteiger partial charge in [-0.3, -0.25) is 5.01 Å². The summed E-state index contributed by atoms with van der Waals surface area (Å²) in [6.07, 6.45) is 2.31. The molecule has 0 aromatic heterocycles. The van der Waals surface area contributed by atoms with E-state index in [-0.39, 0.29) is 6.23 Å². The molecule has 2 rings (SSSR count). The zero-order valence-electron chi connectivity index (χ0n) is 9.15. The van der Waals surface area contributed by atoms with Crippen molar-refractivity contribution >= 4 is 5.69 Å². The van der Waals surface area contributed by atoms with Crippen molar-refractivity contribution in [3.63, 3.8) is 0 Å². The lowest BCUT2D eigenvalue weighted by Crippen LogP contribution is -2.38. The molecule has 1 atom stereocenters. The van der Waals surface area contributed by atoms with Gasteiger partial charge in [0.25, 0.3) is 0 Å². The molecule has 3 nitrogen and oxygen atoms in total. The van der Waals surface area contributed by atoms with Crippen LogP contribution < -0.4 is 10.4 Å². The third-order valence-electron chi connectivity index (χ3n) is 2.51. The molecule has 1 N–H and O–H groups in total. The largest absolute Gasteiger partial charge is 0.357 e. The second-order valence-corrected chi connectivity index (χ2v) is 3.73. The summed E-state index contributed by atoms with van der Waals surface area (Å²) in [4.78, 5) is 0. The molecule has 1 saturated heterocycles. The van der Waals surface area contributed by atoms with Crippen molar-refractivity contribution in [1.82, 2.24) is 5.43 Å². The van der Waals surface area contributed by atoms with Gasteiger partial charge >= 0.3 is 0 Å². The molecule has 0 aliphatic carbocycles. The quantitative estimate of drug-likeness (QED) is 0.817. The molecule has 1 fully saturated rings. The van der Waals surface area contributed by atoms with E-state index < -0.39 is 0 Å². The van der Waals surface area contributed by atoms with Crippen molar-refractivity contribution in [2.75, 3.05) is 18.2 Å². The van der Waals surface area contributed by atoms with Gasteiger partial charge in [0.2, 0.25) is 0 Å². The maximum absolute atomic E-state index is 5.78. The third kappa shape index (κ3) is 2.49. The van der Waals surface area contributed by atoms with E-state index in [9.17, 15) is 0 Å². The number of ether oxygens (including phenoxy) is 1. The van der Waals surface area contributed by atoms with Crippen LogP contribution in [0, 0.1) is 0 Å². The Labute approximate surface area is 91.0 Å². The van der Waals surface area contributed by atoms with E-state index in [2.05, 4.69) is 29.5 Å². The topological polar surface area (TPSA) is 24.5 Å². The van der Waals surface area contributed by atoms with Crippen LogP contribution in [0.5, 0.6) is 0 Å². The highest BCUT2D eigenvalue weighted by atomic mass is 16.5. The molecule has 82 valence electrons. The fourth-order valence-electron chi connectivity index (χ4n) is 1.80. The minimum atomic E-state index is 0.187. The van der Waals surface area contributed by atoms with E-state index in [0.29, 0.717) is 0 Å². The van der Waals surface area contributed by atoms with Crippen molar-refractivity contribution in [1.29, 1.82) is 0 Å². The second kappa shape index (κ2) is 5.14. The van der Waals surface area contributed by atoms with E-state index in [1.54, 1.807) is 0 Å². The van der Waals surface area contributed by atoms with Crippen LogP contribution in [-0.4, -0.2) is 19.4 Å². The van der Waals surface area contributed by atoms with Crippen LogP contribution in [0.2, 0.25) is 0 Å². The van der Waals surface area contributed by atoms with Crippen molar-refractivity contribution in [2.24, 2.45) is 0 Å². The van der Waals surface area contributed by atoms with E-state index in [4.69, 9.17) is 4.74 Å². The summed E-state index contributed by atoms with van der Waals surface area (Å²) in [6, 6.07) is 10.3. The van der Waals surface area contributed by atoms with E-state index in [1.165, 1.54) is 5.69 Å². The standard InChI is InChI=1S/C12H18N2O/c1-2-10-15-12-8-9-13-14(12)11-6-4-3-5-7-11/h3-7,12-13H,2,8-10H2,1H3. The Morgan fingerprint density at radius 2 is 2.20 bits per heavy atom. The Balaban J connectivity index is 2.01. The summed E-state index contributed by atoms with van der Waals surface area (Å²) >= 11 is 0. The minimum Gasteiger partial charge on any atom is -0.357 e. The maximum atomic E-state index is 5.78. The fourth-order valence-corrected chi connectivity index (χ4v) is 1.80. The van der Waals surface area contributed by atoms with Gasteiger partial charge in [-0.05, 0) is 18.6 Å². The van der Waals surface area contributed by atoms with Gasteiger partial charge in [0, 0.05) is 19.6 Å². The van der Waals surface area contributed by atoms with Crippen molar-refractivity contribution < 1.29 is 4.74 Å². The van der Waals surface area contributed by atoms with E-state index in [1.807, 2.05) is 18.2 Å². The fraction of sp³-hybridized carbons (Fsp3) is 0.500. The Bertz CT molecular complexity index is 289. The zero-order chi connectivity index (χ0) is 10.5. The van der Waals surface area contributed by atoms with Crippen LogP contribution in [0.1, 0.15) is 19.8 Å². The Morgan fingerprint density at radius 3 is 2.93 bits per heavy atom. The first kappa shape index (κ1) is 10.5. The Hall–Kier alpha value is -1.06. The number of hydrazine groups is 1.